The molecule has 11 heteroatoms. The summed E-state index contributed by atoms with van der Waals surface area (Å²) in [5.41, 5.74) is 6.06. The van der Waals surface area contributed by atoms with Crippen molar-refractivity contribution in [3.05, 3.63) is 69.9 Å². The first-order valence-corrected chi connectivity index (χ1v) is 11.9. The Hall–Kier alpha value is -3.02. The van der Waals surface area contributed by atoms with E-state index in [9.17, 15) is 18.0 Å². The molecule has 2 heterocycles. The minimum Gasteiger partial charge on any atom is -0.383 e. The summed E-state index contributed by atoms with van der Waals surface area (Å²) >= 11 is 1.30. The van der Waals surface area contributed by atoms with Crippen molar-refractivity contribution in [3.8, 4) is 0 Å². The van der Waals surface area contributed by atoms with E-state index in [4.69, 9.17) is 11.1 Å². The Labute approximate surface area is 184 Å². The molecule has 2 amide bonds. The quantitative estimate of drug-likeness (QED) is 0.245. The summed E-state index contributed by atoms with van der Waals surface area (Å²) in [6.45, 7) is 0.0468. The number of carbonyl (C=O) groups is 2. The van der Waals surface area contributed by atoms with Gasteiger partial charge >= 0.3 is 0 Å². The molecule has 0 spiro atoms. The van der Waals surface area contributed by atoms with Crippen LogP contribution >= 0.6 is 11.3 Å². The topological polar surface area (TPSA) is 145 Å². The summed E-state index contributed by atoms with van der Waals surface area (Å²) in [6, 6.07) is 11.3. The number of amidine groups is 1. The van der Waals surface area contributed by atoms with Crippen LogP contribution in [0.25, 0.3) is 0 Å². The predicted octanol–water partition coefficient (Wildman–Crippen LogP) is 0.535. The molecule has 0 saturated carbocycles. The molecule has 1 aromatic heterocycles. The second-order valence-corrected chi connectivity index (χ2v) is 9.86. The molecule has 5 N–H and O–H groups in total. The molecule has 31 heavy (non-hydrogen) atoms. The maximum Gasteiger partial charge on any atom is 0.247 e. The number of benzene rings is 1. The Morgan fingerprint density at radius 2 is 1.94 bits per heavy atom. The van der Waals surface area contributed by atoms with Gasteiger partial charge in [0, 0.05) is 11.4 Å². The maximum absolute atomic E-state index is 12.6. The Kier molecular flexibility index (Phi) is 7.21. The number of nitrogens with two attached hydrogens (primary N) is 1. The van der Waals surface area contributed by atoms with E-state index >= 15 is 0 Å². The highest BCUT2D eigenvalue weighted by molar-refractivity contribution is 7.88. The number of hydrogen-bond donors (Lipinski definition) is 4. The molecular weight excluding hydrogens is 438 g/mol. The fourth-order valence-electron chi connectivity index (χ4n) is 3.02. The predicted molar refractivity (Wildman–Crippen MR) is 119 cm³/mol. The van der Waals surface area contributed by atoms with Crippen LogP contribution in [-0.2, 0) is 31.9 Å². The third-order valence-corrected chi connectivity index (χ3v) is 6.97. The fourth-order valence-corrected chi connectivity index (χ4v) is 4.91. The van der Waals surface area contributed by atoms with Gasteiger partial charge in [0.15, 0.2) is 0 Å². The highest BCUT2D eigenvalue weighted by Gasteiger charge is 2.30. The summed E-state index contributed by atoms with van der Waals surface area (Å²) in [4.78, 5) is 27.9. The van der Waals surface area contributed by atoms with Gasteiger partial charge in [-0.1, -0.05) is 42.5 Å². The van der Waals surface area contributed by atoms with E-state index in [1.54, 1.807) is 54.6 Å². The van der Waals surface area contributed by atoms with Crippen LogP contribution in [0.4, 0.5) is 0 Å². The van der Waals surface area contributed by atoms with Gasteiger partial charge in [-0.3, -0.25) is 15.0 Å². The first kappa shape index (κ1) is 22.7. The van der Waals surface area contributed by atoms with Gasteiger partial charge in [0.1, 0.15) is 11.9 Å². The van der Waals surface area contributed by atoms with Gasteiger partial charge in [0.05, 0.1) is 23.7 Å². The van der Waals surface area contributed by atoms with Crippen molar-refractivity contribution >= 4 is 39.0 Å². The molecule has 3 rings (SSSR count). The fraction of sp³-hybridized carbons (Fsp3) is 0.250. The molecule has 1 unspecified atom stereocenters. The van der Waals surface area contributed by atoms with Crippen LogP contribution in [0.1, 0.15) is 15.3 Å². The number of amides is 2. The molecule has 2 aromatic rings. The normalized spacial score (nSPS) is 15.7. The minimum absolute atomic E-state index is 0.0345. The van der Waals surface area contributed by atoms with Crippen LogP contribution in [0.15, 0.2) is 54.6 Å². The van der Waals surface area contributed by atoms with Gasteiger partial charge in [0.2, 0.25) is 21.8 Å². The van der Waals surface area contributed by atoms with Crippen molar-refractivity contribution in [3.63, 3.8) is 0 Å². The van der Waals surface area contributed by atoms with Crippen LogP contribution in [0, 0.1) is 5.41 Å². The average Bonchev–Trinajstić information content (AvgIpc) is 3.40. The van der Waals surface area contributed by atoms with E-state index < -0.39 is 28.5 Å². The second kappa shape index (κ2) is 9.86. The summed E-state index contributed by atoms with van der Waals surface area (Å²) in [7, 11) is -3.69. The van der Waals surface area contributed by atoms with Crippen LogP contribution in [0.3, 0.4) is 0 Å². The maximum atomic E-state index is 12.6. The van der Waals surface area contributed by atoms with Crippen molar-refractivity contribution in [1.82, 2.24) is 14.9 Å². The van der Waals surface area contributed by atoms with Crippen LogP contribution in [-0.4, -0.2) is 50.1 Å². The molecule has 1 aliphatic heterocycles. The van der Waals surface area contributed by atoms with E-state index in [1.807, 2.05) is 0 Å². The molecular formula is C20H23N5O4S2. The Morgan fingerprint density at radius 1 is 1.19 bits per heavy atom. The van der Waals surface area contributed by atoms with Crippen molar-refractivity contribution in [1.29, 1.82) is 5.41 Å². The van der Waals surface area contributed by atoms with Crippen LogP contribution < -0.4 is 15.8 Å². The van der Waals surface area contributed by atoms with E-state index in [-0.39, 0.29) is 30.6 Å². The molecule has 0 bridgehead atoms. The summed E-state index contributed by atoms with van der Waals surface area (Å²) in [5, 5.41) is 10.2. The highest BCUT2D eigenvalue weighted by Crippen LogP contribution is 2.16. The molecule has 0 saturated heterocycles. The third-order valence-electron chi connectivity index (χ3n) is 4.55. The lowest BCUT2D eigenvalue weighted by Gasteiger charge is -2.24. The average molecular weight is 462 g/mol. The molecule has 1 aliphatic rings. The number of nitrogens with zero attached hydrogens (tertiary/aromatic N) is 1. The Balaban J connectivity index is 1.52. The van der Waals surface area contributed by atoms with E-state index in [2.05, 4.69) is 10.0 Å². The lowest BCUT2D eigenvalue weighted by atomic mass is 10.2. The van der Waals surface area contributed by atoms with E-state index in [0.717, 1.165) is 4.88 Å². The number of nitrogen functional groups attached to an aromatic ring is 1. The van der Waals surface area contributed by atoms with Gasteiger partial charge in [-0.15, -0.1) is 11.3 Å². The van der Waals surface area contributed by atoms with Gasteiger partial charge in [-0.2, -0.15) is 0 Å². The number of rotatable bonds is 9. The largest absolute Gasteiger partial charge is 0.383 e. The zero-order chi connectivity index (χ0) is 22.4. The highest BCUT2D eigenvalue weighted by atomic mass is 32.2. The molecule has 164 valence electrons. The SMILES string of the molecule is N=C(N)c1ccc(CNC(=O)C2C=CCN2C(=O)CNS(=O)(=O)Cc2ccccc2)s1. The number of thiophene rings is 1. The third kappa shape index (κ3) is 6.23. The second-order valence-electron chi connectivity index (χ2n) is 6.88. The number of hydrogen-bond acceptors (Lipinski definition) is 6. The molecule has 0 aliphatic carbocycles. The van der Waals surface area contributed by atoms with E-state index in [1.165, 1.54) is 16.2 Å². The molecule has 9 nitrogen and oxygen atoms in total. The summed E-state index contributed by atoms with van der Waals surface area (Å²) in [6.07, 6.45) is 3.31. The van der Waals surface area contributed by atoms with E-state index in [0.29, 0.717) is 10.4 Å². The summed E-state index contributed by atoms with van der Waals surface area (Å²) in [5.74, 6) is -1.12. The minimum atomic E-state index is -3.69. The van der Waals surface area contributed by atoms with Crippen molar-refractivity contribution in [2.75, 3.05) is 13.1 Å². The summed E-state index contributed by atoms with van der Waals surface area (Å²) < 4.78 is 26.8. The van der Waals surface area contributed by atoms with Crippen molar-refractivity contribution in [2.24, 2.45) is 5.73 Å². The van der Waals surface area contributed by atoms with Crippen LogP contribution in [0.5, 0.6) is 0 Å². The molecule has 1 aromatic carbocycles. The van der Waals surface area contributed by atoms with Gasteiger partial charge < -0.3 is 16.0 Å². The molecule has 1 atom stereocenters. The Bertz CT molecular complexity index is 1100. The number of carbonyl (C=O) groups excluding carboxylic acids is 2. The first-order chi connectivity index (χ1) is 14.7. The molecule has 0 radical (unpaired) electrons. The van der Waals surface area contributed by atoms with Crippen molar-refractivity contribution in [2.45, 2.75) is 18.3 Å². The van der Waals surface area contributed by atoms with Crippen LogP contribution in [0.2, 0.25) is 0 Å². The number of nitrogens with one attached hydrogen (secondary N) is 3. The lowest BCUT2D eigenvalue weighted by molar-refractivity contribution is -0.136. The zero-order valence-corrected chi connectivity index (χ0v) is 18.2. The van der Waals surface area contributed by atoms with Crippen molar-refractivity contribution < 1.29 is 18.0 Å². The monoisotopic (exact) mass is 461 g/mol. The van der Waals surface area contributed by atoms with Gasteiger partial charge in [0.25, 0.3) is 0 Å². The first-order valence-electron chi connectivity index (χ1n) is 9.43. The van der Waals surface area contributed by atoms with Gasteiger partial charge in [-0.25, -0.2) is 13.1 Å². The standard InChI is InChI=1S/C20H23N5O4S2/c21-19(22)17-9-8-15(30-17)11-23-20(27)16-7-4-10-25(16)18(26)12-24-31(28,29)13-14-5-2-1-3-6-14/h1-9,16,24H,10-13H2,(H3,21,22)(H,23,27). The smallest absolute Gasteiger partial charge is 0.247 e. The zero-order valence-electron chi connectivity index (χ0n) is 16.6. The molecule has 0 fully saturated rings. The van der Waals surface area contributed by atoms with Gasteiger partial charge in [-0.05, 0) is 17.7 Å². The Morgan fingerprint density at radius 3 is 2.61 bits per heavy atom. The number of sulfonamides is 1. The lowest BCUT2D eigenvalue weighted by Crippen LogP contribution is -2.49.